The van der Waals surface area contributed by atoms with Gasteiger partial charge in [0.05, 0.1) is 19.8 Å². The van der Waals surface area contributed by atoms with Crippen molar-refractivity contribution < 1.29 is 14.9 Å². The van der Waals surface area contributed by atoms with Gasteiger partial charge in [-0.3, -0.25) is 0 Å². The lowest BCUT2D eigenvalue weighted by atomic mass is 10.2. The van der Waals surface area contributed by atoms with E-state index in [1.165, 1.54) is 5.56 Å². The fraction of sp³-hybridized carbons (Fsp3) is 0.455. The van der Waals surface area contributed by atoms with Gasteiger partial charge in [0.2, 0.25) is 0 Å². The molecule has 0 aliphatic heterocycles. The van der Waals surface area contributed by atoms with Gasteiger partial charge < -0.3 is 14.9 Å². The fourth-order valence-electron chi connectivity index (χ4n) is 1.11. The monoisotopic (exact) mass is 196 g/mol. The predicted molar refractivity (Wildman–Crippen MR) is 54.1 cm³/mol. The lowest BCUT2D eigenvalue weighted by Crippen LogP contribution is -2.20. The number of rotatable bonds is 6. The van der Waals surface area contributed by atoms with Crippen LogP contribution in [-0.4, -0.2) is 36.1 Å². The second kappa shape index (κ2) is 6.54. The van der Waals surface area contributed by atoms with Gasteiger partial charge >= 0.3 is 0 Å². The van der Waals surface area contributed by atoms with Gasteiger partial charge in [-0.05, 0) is 12.0 Å². The third-order valence-electron chi connectivity index (χ3n) is 1.90. The molecule has 0 bridgehead atoms. The third kappa shape index (κ3) is 4.37. The maximum Gasteiger partial charge on any atom is 0.100 e. The van der Waals surface area contributed by atoms with Crippen LogP contribution in [0.5, 0.6) is 0 Å². The van der Waals surface area contributed by atoms with Crippen LogP contribution in [-0.2, 0) is 11.2 Å². The zero-order valence-electron chi connectivity index (χ0n) is 8.10. The first kappa shape index (κ1) is 11.2. The lowest BCUT2D eigenvalue weighted by Gasteiger charge is -2.07. The second-order valence-corrected chi connectivity index (χ2v) is 3.15. The van der Waals surface area contributed by atoms with Crippen LogP contribution >= 0.6 is 0 Å². The van der Waals surface area contributed by atoms with E-state index in [1.54, 1.807) is 0 Å². The first-order valence-electron chi connectivity index (χ1n) is 4.73. The number of hydrogen-bond acceptors (Lipinski definition) is 3. The zero-order valence-corrected chi connectivity index (χ0v) is 8.10. The highest BCUT2D eigenvalue weighted by atomic mass is 16.5. The van der Waals surface area contributed by atoms with E-state index in [0.29, 0.717) is 6.61 Å². The number of aliphatic hydroxyl groups excluding tert-OH is 2. The van der Waals surface area contributed by atoms with Crippen molar-refractivity contribution in [1.29, 1.82) is 0 Å². The Hall–Kier alpha value is -0.900. The summed E-state index contributed by atoms with van der Waals surface area (Å²) in [5.41, 5.74) is 1.21. The Morgan fingerprint density at radius 3 is 2.57 bits per heavy atom. The minimum atomic E-state index is -0.759. The fourth-order valence-corrected chi connectivity index (χ4v) is 1.11. The van der Waals surface area contributed by atoms with Gasteiger partial charge in [-0.15, -0.1) is 0 Å². The van der Waals surface area contributed by atoms with Gasteiger partial charge in [-0.2, -0.15) is 0 Å². The maximum absolute atomic E-state index is 8.98. The Morgan fingerprint density at radius 1 is 1.21 bits per heavy atom. The van der Waals surface area contributed by atoms with Crippen molar-refractivity contribution >= 4 is 0 Å². The molecule has 78 valence electrons. The van der Waals surface area contributed by atoms with Crippen molar-refractivity contribution in [2.24, 2.45) is 0 Å². The van der Waals surface area contributed by atoms with Gasteiger partial charge in [0.1, 0.15) is 6.10 Å². The molecule has 0 amide bonds. The molecule has 1 aromatic rings. The smallest absolute Gasteiger partial charge is 0.100 e. The number of ether oxygens (including phenoxy) is 1. The van der Waals surface area contributed by atoms with Gasteiger partial charge in [0, 0.05) is 0 Å². The van der Waals surface area contributed by atoms with E-state index in [9.17, 15) is 0 Å². The SMILES string of the molecule is OCC(O)COCCc1ccccc1. The van der Waals surface area contributed by atoms with Crippen molar-refractivity contribution in [2.45, 2.75) is 12.5 Å². The molecule has 0 spiro atoms. The summed E-state index contributed by atoms with van der Waals surface area (Å²) < 4.78 is 5.18. The molecule has 1 aromatic carbocycles. The lowest BCUT2D eigenvalue weighted by molar-refractivity contribution is 0.00723. The minimum Gasteiger partial charge on any atom is -0.394 e. The highest BCUT2D eigenvalue weighted by Crippen LogP contribution is 1.99. The maximum atomic E-state index is 8.98. The summed E-state index contributed by atoms with van der Waals surface area (Å²) in [6, 6.07) is 10.0. The molecule has 2 N–H and O–H groups in total. The van der Waals surface area contributed by atoms with Crippen molar-refractivity contribution in [2.75, 3.05) is 19.8 Å². The second-order valence-electron chi connectivity index (χ2n) is 3.15. The molecule has 1 rings (SSSR count). The Morgan fingerprint density at radius 2 is 1.93 bits per heavy atom. The molecule has 0 aliphatic rings. The average molecular weight is 196 g/mol. The largest absolute Gasteiger partial charge is 0.394 e. The minimum absolute atomic E-state index is 0.198. The van der Waals surface area contributed by atoms with E-state index in [1.807, 2.05) is 30.3 Å². The molecule has 3 nitrogen and oxygen atoms in total. The number of benzene rings is 1. The van der Waals surface area contributed by atoms with Crippen LogP contribution in [0.3, 0.4) is 0 Å². The van der Waals surface area contributed by atoms with Crippen LogP contribution in [0.1, 0.15) is 5.56 Å². The summed E-state index contributed by atoms with van der Waals surface area (Å²) >= 11 is 0. The molecular weight excluding hydrogens is 180 g/mol. The first-order chi connectivity index (χ1) is 6.83. The predicted octanol–water partition coefficient (Wildman–Crippen LogP) is 0.599. The van der Waals surface area contributed by atoms with Crippen molar-refractivity contribution in [1.82, 2.24) is 0 Å². The highest BCUT2D eigenvalue weighted by molar-refractivity contribution is 5.14. The molecule has 0 fully saturated rings. The van der Waals surface area contributed by atoms with Crippen molar-refractivity contribution in [3.05, 3.63) is 35.9 Å². The normalized spacial score (nSPS) is 12.7. The van der Waals surface area contributed by atoms with Gasteiger partial charge in [0.15, 0.2) is 0 Å². The first-order valence-corrected chi connectivity index (χ1v) is 4.73. The Balaban J connectivity index is 2.10. The van der Waals surface area contributed by atoms with Crippen molar-refractivity contribution in [3.63, 3.8) is 0 Å². The van der Waals surface area contributed by atoms with Gasteiger partial charge in [-0.1, -0.05) is 30.3 Å². The zero-order chi connectivity index (χ0) is 10.2. The molecule has 0 heterocycles. The molecule has 0 radical (unpaired) electrons. The van der Waals surface area contributed by atoms with E-state index in [0.717, 1.165) is 6.42 Å². The molecule has 0 saturated carbocycles. The number of aliphatic hydroxyl groups is 2. The summed E-state index contributed by atoms with van der Waals surface area (Å²) in [6.45, 7) is 0.524. The van der Waals surface area contributed by atoms with Crippen LogP contribution < -0.4 is 0 Å². The van der Waals surface area contributed by atoms with E-state index in [4.69, 9.17) is 14.9 Å². The molecule has 1 atom stereocenters. The van der Waals surface area contributed by atoms with E-state index in [-0.39, 0.29) is 13.2 Å². The molecule has 0 aromatic heterocycles. The standard InChI is InChI=1S/C11H16O3/c12-8-11(13)9-14-7-6-10-4-2-1-3-5-10/h1-5,11-13H,6-9H2. The molecule has 1 unspecified atom stereocenters. The molecule has 0 saturated heterocycles. The summed E-state index contributed by atoms with van der Waals surface area (Å²) in [5.74, 6) is 0. The summed E-state index contributed by atoms with van der Waals surface area (Å²) in [5, 5.41) is 17.5. The van der Waals surface area contributed by atoms with Crippen LogP contribution in [0.25, 0.3) is 0 Å². The Bertz CT molecular complexity index is 236. The molecule has 14 heavy (non-hydrogen) atoms. The number of hydrogen-bond donors (Lipinski definition) is 2. The summed E-state index contributed by atoms with van der Waals surface area (Å²) in [4.78, 5) is 0. The molecule has 3 heteroatoms. The topological polar surface area (TPSA) is 49.7 Å². The van der Waals surface area contributed by atoms with Crippen LogP contribution in [0, 0.1) is 0 Å². The summed E-state index contributed by atoms with van der Waals surface area (Å²) in [7, 11) is 0. The Kier molecular flexibility index (Phi) is 5.22. The average Bonchev–Trinajstić information content (AvgIpc) is 2.25. The van der Waals surface area contributed by atoms with Gasteiger partial charge in [-0.25, -0.2) is 0 Å². The van der Waals surface area contributed by atoms with Crippen LogP contribution in [0.4, 0.5) is 0 Å². The third-order valence-corrected chi connectivity index (χ3v) is 1.90. The molecular formula is C11H16O3. The van der Waals surface area contributed by atoms with Gasteiger partial charge in [0.25, 0.3) is 0 Å². The van der Waals surface area contributed by atoms with E-state index < -0.39 is 6.10 Å². The van der Waals surface area contributed by atoms with E-state index >= 15 is 0 Å². The van der Waals surface area contributed by atoms with Crippen molar-refractivity contribution in [3.8, 4) is 0 Å². The van der Waals surface area contributed by atoms with E-state index in [2.05, 4.69) is 0 Å². The highest BCUT2D eigenvalue weighted by Gasteiger charge is 2.00. The summed E-state index contributed by atoms with van der Waals surface area (Å²) in [6.07, 6.45) is 0.0738. The molecule has 0 aliphatic carbocycles. The van der Waals surface area contributed by atoms with Crippen LogP contribution in [0.15, 0.2) is 30.3 Å². The quantitative estimate of drug-likeness (QED) is 0.655. The Labute approximate surface area is 84.0 Å². The van der Waals surface area contributed by atoms with Crippen LogP contribution in [0.2, 0.25) is 0 Å².